The summed E-state index contributed by atoms with van der Waals surface area (Å²) in [5, 5.41) is 13.8. The van der Waals surface area contributed by atoms with E-state index in [2.05, 4.69) is 5.32 Å². The van der Waals surface area contributed by atoms with Crippen molar-refractivity contribution < 1.29 is 9.31 Å². The first kappa shape index (κ1) is 14.1. The summed E-state index contributed by atoms with van der Waals surface area (Å²) in [6.07, 6.45) is 1.85. The van der Waals surface area contributed by atoms with Crippen LogP contribution in [-0.2, 0) is 0 Å². The van der Waals surface area contributed by atoms with E-state index in [4.69, 9.17) is 0 Å². The third-order valence-corrected chi connectivity index (χ3v) is 3.19. The molecule has 0 saturated carbocycles. The van der Waals surface area contributed by atoms with Crippen LogP contribution in [0.5, 0.6) is 0 Å². The molecule has 0 aliphatic rings. The summed E-state index contributed by atoms with van der Waals surface area (Å²) in [6, 6.07) is 2.52. The minimum atomic E-state index is -0.497. The highest BCUT2D eigenvalue weighted by Gasteiger charge is 2.18. The molecule has 1 unspecified atom stereocenters. The Morgan fingerprint density at radius 1 is 1.59 bits per heavy atom. The summed E-state index contributed by atoms with van der Waals surface area (Å²) in [5.74, 6) is -0.442. The Morgan fingerprint density at radius 3 is 2.76 bits per heavy atom. The van der Waals surface area contributed by atoms with E-state index < -0.39 is 10.7 Å². The zero-order chi connectivity index (χ0) is 13.0. The second-order valence-corrected chi connectivity index (χ2v) is 5.04. The molecule has 6 heteroatoms. The number of anilines is 1. The van der Waals surface area contributed by atoms with Gasteiger partial charge in [-0.25, -0.2) is 4.39 Å². The normalized spacial score (nSPS) is 12.2. The first-order valence-electron chi connectivity index (χ1n) is 5.35. The number of benzene rings is 1. The summed E-state index contributed by atoms with van der Waals surface area (Å²) in [6.45, 7) is 3.95. The fourth-order valence-electron chi connectivity index (χ4n) is 1.57. The lowest BCUT2D eigenvalue weighted by atomic mass is 10.1. The molecule has 1 aromatic rings. The molecule has 1 rings (SSSR count). The molecule has 4 nitrogen and oxygen atoms in total. The van der Waals surface area contributed by atoms with Crippen LogP contribution in [0, 0.1) is 19.5 Å². The van der Waals surface area contributed by atoms with Crippen LogP contribution in [0.25, 0.3) is 0 Å². The largest absolute Gasteiger partial charge is 0.377 e. The summed E-state index contributed by atoms with van der Waals surface area (Å²) in [5.41, 5.74) is 0.160. The highest BCUT2D eigenvalue weighted by molar-refractivity contribution is 14.1. The molecule has 0 radical (unpaired) electrons. The van der Waals surface area contributed by atoms with Gasteiger partial charge in [0.05, 0.1) is 8.49 Å². The van der Waals surface area contributed by atoms with Crippen molar-refractivity contribution in [3.05, 3.63) is 31.6 Å². The lowest BCUT2D eigenvalue weighted by molar-refractivity contribution is -0.384. The van der Waals surface area contributed by atoms with Gasteiger partial charge in [-0.1, -0.05) is 13.3 Å². The number of nitro groups is 1. The van der Waals surface area contributed by atoms with Gasteiger partial charge < -0.3 is 5.32 Å². The number of halogens is 2. The Morgan fingerprint density at radius 2 is 2.24 bits per heavy atom. The van der Waals surface area contributed by atoms with Gasteiger partial charge >= 0.3 is 0 Å². The van der Waals surface area contributed by atoms with Crippen LogP contribution in [0.2, 0.25) is 0 Å². The maximum Gasteiger partial charge on any atom is 0.293 e. The third kappa shape index (κ3) is 3.79. The molecular formula is C11H14FIN2O2. The first-order valence-corrected chi connectivity index (χ1v) is 6.43. The zero-order valence-corrected chi connectivity index (χ0v) is 11.8. The van der Waals surface area contributed by atoms with Crippen molar-refractivity contribution in [2.45, 2.75) is 32.7 Å². The van der Waals surface area contributed by atoms with Crippen LogP contribution in [0.15, 0.2) is 12.1 Å². The van der Waals surface area contributed by atoms with Crippen LogP contribution in [0.4, 0.5) is 15.8 Å². The molecule has 1 N–H and O–H groups in total. The maximum absolute atomic E-state index is 13.4. The first-order chi connectivity index (χ1) is 7.95. The van der Waals surface area contributed by atoms with Gasteiger partial charge in [0.25, 0.3) is 5.69 Å². The highest BCUT2D eigenvalue weighted by Crippen LogP contribution is 2.29. The fraction of sp³-hybridized carbons (Fsp3) is 0.455. The van der Waals surface area contributed by atoms with Crippen molar-refractivity contribution in [1.82, 2.24) is 0 Å². The van der Waals surface area contributed by atoms with E-state index in [1.807, 2.05) is 13.8 Å². The molecule has 0 aliphatic carbocycles. The predicted octanol–water partition coefficient (Wildman–Crippen LogP) is 3.94. The lowest BCUT2D eigenvalue weighted by Crippen LogP contribution is -2.15. The van der Waals surface area contributed by atoms with Gasteiger partial charge in [0, 0.05) is 18.2 Å². The predicted molar refractivity (Wildman–Crippen MR) is 73.8 cm³/mol. The van der Waals surface area contributed by atoms with Crippen LogP contribution < -0.4 is 5.32 Å². The van der Waals surface area contributed by atoms with Gasteiger partial charge in [0.1, 0.15) is 11.5 Å². The van der Waals surface area contributed by atoms with Gasteiger partial charge in [0.15, 0.2) is 0 Å². The molecule has 17 heavy (non-hydrogen) atoms. The minimum Gasteiger partial charge on any atom is -0.377 e. The maximum atomic E-state index is 13.4. The van der Waals surface area contributed by atoms with Crippen LogP contribution >= 0.6 is 22.6 Å². The smallest absolute Gasteiger partial charge is 0.293 e. The summed E-state index contributed by atoms with van der Waals surface area (Å²) < 4.78 is 13.6. The topological polar surface area (TPSA) is 55.2 Å². The monoisotopic (exact) mass is 352 g/mol. The van der Waals surface area contributed by atoms with Crippen LogP contribution in [-0.4, -0.2) is 11.0 Å². The molecule has 0 bridgehead atoms. The van der Waals surface area contributed by atoms with E-state index >= 15 is 0 Å². The Bertz CT molecular complexity index is 426. The molecule has 0 spiro atoms. The number of hydrogen-bond donors (Lipinski definition) is 1. The summed E-state index contributed by atoms with van der Waals surface area (Å²) >= 11 is 1.74. The molecule has 94 valence electrons. The number of nitrogens with zero attached hydrogens (tertiary/aromatic N) is 1. The quantitative estimate of drug-likeness (QED) is 0.496. The summed E-state index contributed by atoms with van der Waals surface area (Å²) in [4.78, 5) is 10.4. The van der Waals surface area contributed by atoms with E-state index in [0.29, 0.717) is 0 Å². The van der Waals surface area contributed by atoms with E-state index in [0.717, 1.165) is 12.8 Å². The van der Waals surface area contributed by atoms with Gasteiger partial charge in [-0.2, -0.15) is 0 Å². The van der Waals surface area contributed by atoms with Crippen molar-refractivity contribution in [2.24, 2.45) is 0 Å². The van der Waals surface area contributed by atoms with Crippen molar-refractivity contribution in [3.8, 4) is 0 Å². The molecular weight excluding hydrogens is 338 g/mol. The minimum absolute atomic E-state index is 0.0816. The number of nitro benzene ring substituents is 1. The van der Waals surface area contributed by atoms with Gasteiger partial charge in [0.2, 0.25) is 0 Å². The van der Waals surface area contributed by atoms with Crippen molar-refractivity contribution >= 4 is 34.0 Å². The Labute approximate surface area is 113 Å². The van der Waals surface area contributed by atoms with Gasteiger partial charge in [-0.3, -0.25) is 10.1 Å². The molecule has 1 aromatic carbocycles. The average molecular weight is 352 g/mol. The standard InChI is InChI=1S/C11H14FIN2O2/c1-3-4-7(2)14-10-5-8(12)9(13)6-11(10)15(16)17/h5-7,14H,3-4H2,1-2H3. The molecule has 1 atom stereocenters. The van der Waals surface area contributed by atoms with Gasteiger partial charge in [-0.15, -0.1) is 0 Å². The van der Waals surface area contributed by atoms with E-state index in [9.17, 15) is 14.5 Å². The average Bonchev–Trinajstić information content (AvgIpc) is 2.23. The number of nitrogens with one attached hydrogen (secondary N) is 1. The highest BCUT2D eigenvalue weighted by atomic mass is 127. The Kier molecular flexibility index (Phi) is 5.10. The molecule has 0 aromatic heterocycles. The van der Waals surface area contributed by atoms with E-state index in [-0.39, 0.29) is 21.0 Å². The van der Waals surface area contributed by atoms with Crippen LogP contribution in [0.1, 0.15) is 26.7 Å². The van der Waals surface area contributed by atoms with Crippen molar-refractivity contribution in [2.75, 3.05) is 5.32 Å². The zero-order valence-electron chi connectivity index (χ0n) is 9.67. The molecule has 0 amide bonds. The van der Waals surface area contributed by atoms with Crippen LogP contribution in [0.3, 0.4) is 0 Å². The summed E-state index contributed by atoms with van der Waals surface area (Å²) in [7, 11) is 0. The third-order valence-electron chi connectivity index (χ3n) is 2.36. The lowest BCUT2D eigenvalue weighted by Gasteiger charge is -2.14. The molecule has 0 heterocycles. The molecule has 0 aliphatic heterocycles. The second-order valence-electron chi connectivity index (χ2n) is 3.87. The van der Waals surface area contributed by atoms with Crippen molar-refractivity contribution in [1.29, 1.82) is 0 Å². The van der Waals surface area contributed by atoms with Gasteiger partial charge in [-0.05, 0) is 35.9 Å². The Balaban J connectivity index is 3.04. The SMILES string of the molecule is CCCC(C)Nc1cc(F)c(I)cc1[N+](=O)[O-]. The number of hydrogen-bond acceptors (Lipinski definition) is 3. The molecule has 0 saturated heterocycles. The van der Waals surface area contributed by atoms with Crippen molar-refractivity contribution in [3.63, 3.8) is 0 Å². The van der Waals surface area contributed by atoms with E-state index in [1.165, 1.54) is 12.1 Å². The van der Waals surface area contributed by atoms with E-state index in [1.54, 1.807) is 22.6 Å². The number of rotatable bonds is 5. The fourth-order valence-corrected chi connectivity index (χ4v) is 2.02. The molecule has 0 fully saturated rings. The second kappa shape index (κ2) is 6.13. The Hall–Kier alpha value is -0.920.